The van der Waals surface area contributed by atoms with Crippen molar-refractivity contribution in [1.29, 1.82) is 0 Å². The summed E-state index contributed by atoms with van der Waals surface area (Å²) in [5.74, 6) is 0.331. The van der Waals surface area contributed by atoms with Crippen molar-refractivity contribution in [3.8, 4) is 0 Å². The highest BCUT2D eigenvalue weighted by Gasteiger charge is 2.37. The van der Waals surface area contributed by atoms with Gasteiger partial charge in [-0.25, -0.2) is 0 Å². The van der Waals surface area contributed by atoms with Crippen molar-refractivity contribution < 1.29 is 9.59 Å². The molecule has 1 aliphatic carbocycles. The van der Waals surface area contributed by atoms with Gasteiger partial charge in [0.2, 0.25) is 5.91 Å². The van der Waals surface area contributed by atoms with E-state index in [0.717, 1.165) is 37.0 Å². The van der Waals surface area contributed by atoms with Crippen LogP contribution in [0.15, 0.2) is 51.8 Å². The Morgan fingerprint density at radius 1 is 1.23 bits per heavy atom. The third-order valence-electron chi connectivity index (χ3n) is 6.18. The smallest absolute Gasteiger partial charge is 0.261 e. The zero-order chi connectivity index (χ0) is 21.8. The van der Waals surface area contributed by atoms with Crippen LogP contribution in [0.3, 0.4) is 0 Å². The van der Waals surface area contributed by atoms with Gasteiger partial charge in [0.05, 0.1) is 10.1 Å². The Labute approximate surface area is 193 Å². The van der Waals surface area contributed by atoms with Crippen molar-refractivity contribution in [2.45, 2.75) is 64.0 Å². The lowest BCUT2D eigenvalue weighted by Crippen LogP contribution is -2.47. The molecule has 1 saturated carbocycles. The third kappa shape index (κ3) is 5.25. The Bertz CT molecular complexity index is 826. The van der Waals surface area contributed by atoms with E-state index < -0.39 is 11.9 Å². The number of carbonyl (C=O) groups excluding carboxylic acids is 2. The summed E-state index contributed by atoms with van der Waals surface area (Å²) in [5.41, 5.74) is 8.72. The van der Waals surface area contributed by atoms with Gasteiger partial charge in [-0.3, -0.25) is 9.59 Å². The Morgan fingerprint density at radius 3 is 2.43 bits per heavy atom. The number of hydrogen-bond donors (Lipinski definition) is 2. The van der Waals surface area contributed by atoms with Crippen LogP contribution in [0.2, 0.25) is 0 Å². The molecule has 0 bridgehead atoms. The minimum atomic E-state index is -0.575. The summed E-state index contributed by atoms with van der Waals surface area (Å²) < 4.78 is 0.637. The average Bonchev–Trinajstić information content (AvgIpc) is 3.02. The first-order chi connectivity index (χ1) is 14.3. The van der Waals surface area contributed by atoms with Gasteiger partial charge in [0.15, 0.2) is 0 Å². The molecule has 1 aromatic rings. The number of benzene rings is 1. The van der Waals surface area contributed by atoms with Crippen LogP contribution < -0.4 is 11.1 Å². The first-order valence-electron chi connectivity index (χ1n) is 10.8. The molecule has 1 fully saturated rings. The molecule has 30 heavy (non-hydrogen) atoms. The highest BCUT2D eigenvalue weighted by molar-refractivity contribution is 14.1. The summed E-state index contributed by atoms with van der Waals surface area (Å²) >= 11 is 2.08. The second kappa shape index (κ2) is 9.98. The van der Waals surface area contributed by atoms with E-state index in [2.05, 4.69) is 64.8 Å². The van der Waals surface area contributed by atoms with Gasteiger partial charge in [-0.05, 0) is 72.1 Å². The summed E-state index contributed by atoms with van der Waals surface area (Å²) in [7, 11) is 0. The summed E-state index contributed by atoms with van der Waals surface area (Å²) in [5, 5.41) is 3.56. The number of rotatable bonds is 8. The van der Waals surface area contributed by atoms with Crippen LogP contribution in [0.1, 0.15) is 57.4 Å². The second-order valence-electron chi connectivity index (χ2n) is 8.86. The molecule has 0 unspecified atom stereocenters. The van der Waals surface area contributed by atoms with E-state index in [0.29, 0.717) is 28.5 Å². The topological polar surface area (TPSA) is 75.4 Å². The van der Waals surface area contributed by atoms with Gasteiger partial charge < -0.3 is 16.0 Å². The highest BCUT2D eigenvalue weighted by atomic mass is 127. The van der Waals surface area contributed by atoms with Crippen molar-refractivity contribution in [2.24, 2.45) is 11.7 Å². The van der Waals surface area contributed by atoms with E-state index in [4.69, 9.17) is 5.73 Å². The minimum absolute atomic E-state index is 0.120. The maximum Gasteiger partial charge on any atom is 0.261 e. The molecule has 1 aliphatic heterocycles. The maximum absolute atomic E-state index is 12.8. The normalized spacial score (nSPS) is 23.1. The standard InChI is InChI=1S/C24H32IN3O2/c1-15(2)13-21(23(26)29)28-14-20(22(25)24(28)30)16(3)27-19-11-9-18(10-12-19)17-7-5-4-6-8-17/h4-8,15,18-19,21,27H,3,9-14H2,1-2H3,(H2,26,29)/t18-,19+,21-/m1/s1. The first-order valence-corrected chi connectivity index (χ1v) is 11.9. The largest absolute Gasteiger partial charge is 0.382 e. The second-order valence-corrected chi connectivity index (χ2v) is 9.93. The molecule has 3 N–H and O–H groups in total. The fourth-order valence-electron chi connectivity index (χ4n) is 4.52. The van der Waals surface area contributed by atoms with Gasteiger partial charge in [-0.1, -0.05) is 50.8 Å². The molecule has 2 amide bonds. The fourth-order valence-corrected chi connectivity index (χ4v) is 5.33. The maximum atomic E-state index is 12.8. The molecule has 0 saturated heterocycles. The van der Waals surface area contributed by atoms with Crippen LogP contribution in [0.4, 0.5) is 0 Å². The van der Waals surface area contributed by atoms with Gasteiger partial charge >= 0.3 is 0 Å². The van der Waals surface area contributed by atoms with Crippen molar-refractivity contribution in [1.82, 2.24) is 10.2 Å². The zero-order valence-corrected chi connectivity index (χ0v) is 20.0. The van der Waals surface area contributed by atoms with Crippen molar-refractivity contribution in [2.75, 3.05) is 6.54 Å². The predicted molar refractivity (Wildman–Crippen MR) is 129 cm³/mol. The molecule has 6 heteroatoms. The van der Waals surface area contributed by atoms with Crippen molar-refractivity contribution >= 4 is 34.4 Å². The van der Waals surface area contributed by atoms with Gasteiger partial charge in [-0.15, -0.1) is 0 Å². The highest BCUT2D eigenvalue weighted by Crippen LogP contribution is 2.35. The van der Waals surface area contributed by atoms with E-state index in [1.807, 2.05) is 13.8 Å². The van der Waals surface area contributed by atoms with Gasteiger partial charge in [0.25, 0.3) is 5.91 Å². The Morgan fingerprint density at radius 2 is 1.87 bits per heavy atom. The molecular weight excluding hydrogens is 489 g/mol. The molecule has 3 rings (SSSR count). The number of nitrogens with zero attached hydrogens (tertiary/aromatic N) is 1. The lowest BCUT2D eigenvalue weighted by Gasteiger charge is -2.31. The number of carbonyl (C=O) groups is 2. The summed E-state index contributed by atoms with van der Waals surface area (Å²) in [4.78, 5) is 26.4. The number of nitrogens with one attached hydrogen (secondary N) is 1. The van der Waals surface area contributed by atoms with Crippen molar-refractivity contribution in [3.05, 3.63) is 57.3 Å². The van der Waals surface area contributed by atoms with E-state index in [9.17, 15) is 9.59 Å². The van der Waals surface area contributed by atoms with Gasteiger partial charge in [0, 0.05) is 17.3 Å². The molecule has 2 aliphatic rings. The Kier molecular flexibility index (Phi) is 7.60. The first kappa shape index (κ1) is 22.8. The molecule has 1 atom stereocenters. The van der Waals surface area contributed by atoms with Crippen LogP contribution in [0.25, 0.3) is 0 Å². The molecule has 0 spiro atoms. The number of primary amides is 1. The summed E-state index contributed by atoms with van der Waals surface area (Å²) in [6, 6.07) is 10.5. The van der Waals surface area contributed by atoms with Gasteiger partial charge in [-0.2, -0.15) is 0 Å². The summed E-state index contributed by atoms with van der Waals surface area (Å²) in [6.45, 7) is 8.67. The molecule has 0 aromatic heterocycles. The monoisotopic (exact) mass is 521 g/mol. The van der Waals surface area contributed by atoms with E-state index in [1.54, 1.807) is 4.90 Å². The number of amides is 2. The number of halogens is 1. The molecule has 5 nitrogen and oxygen atoms in total. The molecule has 1 aromatic carbocycles. The Balaban J connectivity index is 1.59. The lowest BCUT2D eigenvalue weighted by molar-refractivity contribution is -0.134. The van der Waals surface area contributed by atoms with Crippen LogP contribution in [0, 0.1) is 5.92 Å². The van der Waals surface area contributed by atoms with E-state index in [1.165, 1.54) is 5.56 Å². The van der Waals surface area contributed by atoms with Crippen LogP contribution >= 0.6 is 22.6 Å². The average molecular weight is 521 g/mol. The van der Waals surface area contributed by atoms with Crippen LogP contribution in [-0.4, -0.2) is 35.3 Å². The minimum Gasteiger partial charge on any atom is -0.382 e. The summed E-state index contributed by atoms with van der Waals surface area (Å²) in [6.07, 6.45) is 5.03. The quantitative estimate of drug-likeness (QED) is 0.503. The molecular formula is C24H32IN3O2. The molecule has 1 heterocycles. The van der Waals surface area contributed by atoms with E-state index in [-0.39, 0.29) is 11.8 Å². The van der Waals surface area contributed by atoms with Crippen LogP contribution in [-0.2, 0) is 9.59 Å². The fraction of sp³-hybridized carbons (Fsp3) is 0.500. The predicted octanol–water partition coefficient (Wildman–Crippen LogP) is 4.25. The van der Waals surface area contributed by atoms with Crippen LogP contribution in [0.5, 0.6) is 0 Å². The Hall–Kier alpha value is -1.83. The molecule has 0 radical (unpaired) electrons. The third-order valence-corrected chi connectivity index (χ3v) is 7.29. The SMILES string of the molecule is C=C(N[C@H]1CC[C@@H](c2ccccc2)CC1)C1=C(I)C(=O)N([C@H](CC(C)C)C(N)=O)C1. The van der Waals surface area contributed by atoms with Gasteiger partial charge in [0.1, 0.15) is 6.04 Å². The molecule has 162 valence electrons. The number of nitrogens with two attached hydrogens (primary N) is 1. The van der Waals surface area contributed by atoms with Crippen molar-refractivity contribution in [3.63, 3.8) is 0 Å². The zero-order valence-electron chi connectivity index (χ0n) is 17.9. The lowest BCUT2D eigenvalue weighted by atomic mass is 9.81. The number of hydrogen-bond acceptors (Lipinski definition) is 3. The van der Waals surface area contributed by atoms with E-state index >= 15 is 0 Å².